The van der Waals surface area contributed by atoms with Crippen LogP contribution in [0.5, 0.6) is 0 Å². The van der Waals surface area contributed by atoms with E-state index in [0.29, 0.717) is 5.56 Å². The van der Waals surface area contributed by atoms with E-state index in [-0.39, 0.29) is 46.0 Å². The molecule has 1 aromatic carbocycles. The molecule has 0 saturated carbocycles. The molecule has 0 aliphatic carbocycles. The van der Waals surface area contributed by atoms with Gasteiger partial charge in [-0.25, -0.2) is 22.2 Å². The Kier molecular flexibility index (Phi) is 6.92. The number of amides is 1. The first-order valence-corrected chi connectivity index (χ1v) is 11.9. The third-order valence-electron chi connectivity index (χ3n) is 4.98. The van der Waals surface area contributed by atoms with E-state index in [1.807, 2.05) is 20.8 Å². The van der Waals surface area contributed by atoms with Crippen molar-refractivity contribution >= 4 is 21.9 Å². The summed E-state index contributed by atoms with van der Waals surface area (Å²) in [6.45, 7) is 7.09. The summed E-state index contributed by atoms with van der Waals surface area (Å²) in [6.07, 6.45) is 1.36. The van der Waals surface area contributed by atoms with Crippen molar-refractivity contribution in [1.82, 2.24) is 13.9 Å². The van der Waals surface area contributed by atoms with Crippen LogP contribution in [0.4, 0.5) is 9.18 Å². The maximum absolute atomic E-state index is 14.6. The smallest absolute Gasteiger partial charge is 0.407 e. The van der Waals surface area contributed by atoms with Crippen LogP contribution in [-0.2, 0) is 16.6 Å². The lowest BCUT2D eigenvalue weighted by Gasteiger charge is -2.27. The second-order valence-corrected chi connectivity index (χ2v) is 11.0. The third kappa shape index (κ3) is 5.51. The lowest BCUT2D eigenvalue weighted by molar-refractivity contribution is 0.101. The van der Waals surface area contributed by atoms with Gasteiger partial charge in [0.05, 0.1) is 22.7 Å². The Morgan fingerprint density at radius 3 is 2.44 bits per heavy atom. The first-order chi connectivity index (χ1) is 15.8. The monoisotopic (exact) mass is 487 g/mol. The highest BCUT2D eigenvalue weighted by molar-refractivity contribution is 7.90. The quantitative estimate of drug-likeness (QED) is 0.384. The van der Waals surface area contributed by atoms with E-state index in [9.17, 15) is 27.5 Å². The van der Waals surface area contributed by atoms with Crippen molar-refractivity contribution < 1.29 is 27.5 Å². The largest absolute Gasteiger partial charge is 0.465 e. The zero-order valence-electron chi connectivity index (χ0n) is 19.3. The molecule has 0 saturated heterocycles. The highest BCUT2D eigenvalue weighted by Gasteiger charge is 2.26. The number of aromatic nitrogens is 2. The van der Waals surface area contributed by atoms with Crippen LogP contribution in [0.15, 0.2) is 59.8 Å². The maximum atomic E-state index is 14.6. The molecule has 8 nitrogen and oxygen atoms in total. The molecule has 0 radical (unpaired) electrons. The predicted molar refractivity (Wildman–Crippen MR) is 125 cm³/mol. The number of nitrogens with zero attached hydrogens (tertiary/aromatic N) is 3. The van der Waals surface area contributed by atoms with Crippen molar-refractivity contribution in [3.8, 4) is 11.3 Å². The topological polar surface area (TPSA) is 110 Å². The predicted octanol–water partition coefficient (Wildman–Crippen LogP) is 4.65. The van der Waals surface area contributed by atoms with Gasteiger partial charge in [-0.2, -0.15) is 4.39 Å². The van der Waals surface area contributed by atoms with E-state index < -0.39 is 22.1 Å². The maximum Gasteiger partial charge on any atom is 0.407 e. The van der Waals surface area contributed by atoms with E-state index in [1.165, 1.54) is 66.7 Å². The molecule has 0 atom stereocenters. The molecule has 0 spiro atoms. The molecule has 180 valence electrons. The van der Waals surface area contributed by atoms with E-state index in [0.717, 1.165) is 3.97 Å². The van der Waals surface area contributed by atoms with Gasteiger partial charge in [-0.05, 0) is 48.2 Å². The Hall–Kier alpha value is -3.53. The lowest BCUT2D eigenvalue weighted by atomic mass is 9.96. The summed E-state index contributed by atoms with van der Waals surface area (Å²) in [7, 11) is -4.26. The van der Waals surface area contributed by atoms with Gasteiger partial charge in [0.2, 0.25) is 5.95 Å². The first kappa shape index (κ1) is 25.1. The molecule has 0 bridgehead atoms. The van der Waals surface area contributed by atoms with Gasteiger partial charge in [-0.15, -0.1) is 0 Å². The molecule has 3 aromatic rings. The summed E-state index contributed by atoms with van der Waals surface area (Å²) in [6, 6.07) is 9.85. The van der Waals surface area contributed by atoms with E-state index in [2.05, 4.69) is 4.98 Å². The van der Waals surface area contributed by atoms with Crippen LogP contribution >= 0.6 is 0 Å². The highest BCUT2D eigenvalue weighted by Crippen LogP contribution is 2.30. The van der Waals surface area contributed by atoms with Crippen LogP contribution in [-0.4, -0.2) is 45.8 Å². The molecule has 10 heteroatoms. The van der Waals surface area contributed by atoms with Crippen molar-refractivity contribution in [3.05, 3.63) is 71.9 Å². The zero-order valence-corrected chi connectivity index (χ0v) is 20.1. The lowest BCUT2D eigenvalue weighted by Crippen LogP contribution is -2.36. The number of benzene rings is 1. The van der Waals surface area contributed by atoms with Crippen LogP contribution in [0.1, 0.15) is 43.6 Å². The minimum Gasteiger partial charge on any atom is -0.465 e. The highest BCUT2D eigenvalue weighted by atomic mass is 32.2. The van der Waals surface area contributed by atoms with Gasteiger partial charge in [0.1, 0.15) is 0 Å². The molecular formula is C24H26FN3O5S. The van der Waals surface area contributed by atoms with E-state index in [4.69, 9.17) is 0 Å². The summed E-state index contributed by atoms with van der Waals surface area (Å²) >= 11 is 0. The first-order valence-electron chi connectivity index (χ1n) is 10.5. The van der Waals surface area contributed by atoms with Gasteiger partial charge in [0.15, 0.2) is 5.78 Å². The van der Waals surface area contributed by atoms with Gasteiger partial charge in [-0.3, -0.25) is 4.79 Å². The Balaban J connectivity index is 2.17. The number of pyridine rings is 1. The van der Waals surface area contributed by atoms with Gasteiger partial charge in [0.25, 0.3) is 10.0 Å². The fourth-order valence-electron chi connectivity index (χ4n) is 3.53. The second kappa shape index (κ2) is 9.38. The molecule has 0 unspecified atom stereocenters. The van der Waals surface area contributed by atoms with Crippen LogP contribution in [0.3, 0.4) is 0 Å². The zero-order chi connectivity index (χ0) is 25.3. The average molecular weight is 488 g/mol. The van der Waals surface area contributed by atoms with E-state index >= 15 is 0 Å². The number of carbonyl (C=O) groups is 2. The minimum atomic E-state index is -4.26. The van der Waals surface area contributed by atoms with Gasteiger partial charge in [0, 0.05) is 24.5 Å². The van der Waals surface area contributed by atoms with Gasteiger partial charge in [-0.1, -0.05) is 32.9 Å². The molecule has 2 aromatic heterocycles. The third-order valence-corrected chi connectivity index (χ3v) is 6.65. The molecule has 3 rings (SSSR count). The fourth-order valence-corrected chi connectivity index (χ4v) is 4.97. The molecular weight excluding hydrogens is 461 g/mol. The molecule has 0 fully saturated rings. The average Bonchev–Trinajstić information content (AvgIpc) is 3.17. The Morgan fingerprint density at radius 1 is 1.15 bits per heavy atom. The number of halogens is 1. The number of rotatable bonds is 7. The summed E-state index contributed by atoms with van der Waals surface area (Å²) in [4.78, 5) is 28.2. The number of Topliss-reactive ketones (excluding diaryl/α,β-unsaturated/α-hetero) is 1. The van der Waals surface area contributed by atoms with Crippen LogP contribution in [0.25, 0.3) is 11.3 Å². The number of hydrogen-bond donors (Lipinski definition) is 1. The number of carbonyl (C=O) groups excluding carboxylic acids is 1. The van der Waals surface area contributed by atoms with Crippen molar-refractivity contribution in [3.63, 3.8) is 0 Å². The number of ketones is 1. The normalized spacial score (nSPS) is 11.9. The minimum absolute atomic E-state index is 0.00470. The Labute approximate surface area is 197 Å². The summed E-state index contributed by atoms with van der Waals surface area (Å²) < 4.78 is 42.6. The molecule has 1 amide bonds. The van der Waals surface area contributed by atoms with Crippen molar-refractivity contribution in [2.75, 3.05) is 6.54 Å². The molecule has 1 N–H and O–H groups in total. The standard InChI is InChI=1S/C24H26FN3O5S/c1-16(29)18-7-5-8-19(12-18)34(32,33)28-14-17(13-27(23(30)31)15-24(2,3)4)11-21(28)20-9-6-10-26-22(20)25/h5-12,14H,13,15H2,1-4H3,(H,30,31). The second-order valence-electron chi connectivity index (χ2n) is 9.16. The Bertz CT molecular complexity index is 1340. The van der Waals surface area contributed by atoms with Gasteiger partial charge < -0.3 is 10.0 Å². The van der Waals surface area contributed by atoms with Crippen LogP contribution in [0.2, 0.25) is 0 Å². The Morgan fingerprint density at radius 2 is 1.85 bits per heavy atom. The van der Waals surface area contributed by atoms with Crippen molar-refractivity contribution in [1.29, 1.82) is 0 Å². The van der Waals surface area contributed by atoms with Crippen LogP contribution < -0.4 is 0 Å². The SMILES string of the molecule is CC(=O)c1cccc(S(=O)(=O)n2cc(CN(CC(C)(C)C)C(=O)O)cc2-c2cccnc2F)c1. The van der Waals surface area contributed by atoms with E-state index in [1.54, 1.807) is 0 Å². The van der Waals surface area contributed by atoms with Crippen molar-refractivity contribution in [2.45, 2.75) is 39.1 Å². The molecule has 2 heterocycles. The number of carboxylic acid groups (broad SMARTS) is 1. The molecule has 0 aliphatic rings. The summed E-state index contributed by atoms with van der Waals surface area (Å²) in [5.74, 6) is -1.17. The summed E-state index contributed by atoms with van der Waals surface area (Å²) in [5, 5.41) is 9.65. The van der Waals surface area contributed by atoms with Crippen molar-refractivity contribution in [2.24, 2.45) is 5.41 Å². The molecule has 0 aliphatic heterocycles. The fraction of sp³-hybridized carbons (Fsp3) is 0.292. The number of hydrogen-bond acceptors (Lipinski definition) is 5. The molecule has 34 heavy (non-hydrogen) atoms. The van der Waals surface area contributed by atoms with Gasteiger partial charge >= 0.3 is 6.09 Å². The van der Waals surface area contributed by atoms with Crippen LogP contribution in [0, 0.1) is 11.4 Å². The summed E-state index contributed by atoms with van der Waals surface area (Å²) in [5.41, 5.74) is 0.173.